The Kier molecular flexibility index (Phi) is 4.98. The smallest absolute Gasteiger partial charge is 0.142 e. The summed E-state index contributed by atoms with van der Waals surface area (Å²) in [5.74, 6) is 0.941. The van der Waals surface area contributed by atoms with E-state index in [9.17, 15) is 0 Å². The molecule has 0 radical (unpaired) electrons. The Balaban J connectivity index is 2.74. The highest BCUT2D eigenvalue weighted by molar-refractivity contribution is 9.10. The molecule has 0 fully saturated rings. The Morgan fingerprint density at radius 1 is 1.67 bits per heavy atom. The van der Waals surface area contributed by atoms with Crippen molar-refractivity contribution in [3.8, 4) is 0 Å². The fourth-order valence-electron chi connectivity index (χ4n) is 1.27. The zero-order valence-corrected chi connectivity index (χ0v) is 11.0. The summed E-state index contributed by atoms with van der Waals surface area (Å²) in [5, 5.41) is 0. The summed E-state index contributed by atoms with van der Waals surface area (Å²) >= 11 is 8.34. The van der Waals surface area contributed by atoms with E-state index in [4.69, 9.17) is 18.0 Å². The normalized spacial score (nSPS) is 10.0. The minimum absolute atomic E-state index is 0.542. The van der Waals surface area contributed by atoms with Crippen LogP contribution in [0.25, 0.3) is 0 Å². The van der Waals surface area contributed by atoms with Crippen LogP contribution in [0, 0.1) is 0 Å². The predicted octanol–water partition coefficient (Wildman–Crippen LogP) is 2.35. The van der Waals surface area contributed by atoms with Gasteiger partial charge >= 0.3 is 0 Å². The number of anilines is 1. The Morgan fingerprint density at radius 2 is 2.40 bits per heavy atom. The maximum Gasteiger partial charge on any atom is 0.142 e. The Bertz CT molecular complexity index is 343. The van der Waals surface area contributed by atoms with E-state index < -0.39 is 0 Å². The molecule has 3 nitrogen and oxygen atoms in total. The van der Waals surface area contributed by atoms with Gasteiger partial charge in [0.05, 0.1) is 9.46 Å². The van der Waals surface area contributed by atoms with Crippen LogP contribution in [0.5, 0.6) is 0 Å². The van der Waals surface area contributed by atoms with E-state index in [0.29, 0.717) is 11.4 Å². The van der Waals surface area contributed by atoms with Crippen LogP contribution in [-0.2, 0) is 0 Å². The van der Waals surface area contributed by atoms with Crippen molar-refractivity contribution in [2.24, 2.45) is 5.73 Å². The number of rotatable bonds is 5. The molecule has 1 rings (SSSR count). The maximum absolute atomic E-state index is 5.48. The monoisotopic (exact) mass is 287 g/mol. The van der Waals surface area contributed by atoms with Crippen molar-refractivity contribution in [1.82, 2.24) is 4.98 Å². The molecule has 0 aliphatic heterocycles. The number of thiocarbonyl (C=S) groups is 1. The van der Waals surface area contributed by atoms with Crippen molar-refractivity contribution in [1.29, 1.82) is 0 Å². The van der Waals surface area contributed by atoms with Gasteiger partial charge in [0, 0.05) is 25.7 Å². The Labute approximate surface area is 104 Å². The van der Waals surface area contributed by atoms with Crippen LogP contribution in [0.3, 0.4) is 0 Å². The minimum atomic E-state index is 0.542. The molecule has 0 aliphatic rings. The first kappa shape index (κ1) is 12.4. The molecule has 1 aromatic rings. The van der Waals surface area contributed by atoms with Gasteiger partial charge < -0.3 is 10.6 Å². The van der Waals surface area contributed by atoms with E-state index >= 15 is 0 Å². The summed E-state index contributed by atoms with van der Waals surface area (Å²) < 4.78 is 0.995. The van der Waals surface area contributed by atoms with E-state index in [-0.39, 0.29) is 0 Å². The topological polar surface area (TPSA) is 42.1 Å². The lowest BCUT2D eigenvalue weighted by molar-refractivity contribution is 0.817. The van der Waals surface area contributed by atoms with Gasteiger partial charge in [0.25, 0.3) is 0 Å². The molecule has 0 aliphatic carbocycles. The van der Waals surface area contributed by atoms with Gasteiger partial charge in [-0.05, 0) is 35.0 Å². The molecule has 0 atom stereocenters. The summed E-state index contributed by atoms with van der Waals surface area (Å²) in [4.78, 5) is 7.01. The second kappa shape index (κ2) is 6.02. The van der Waals surface area contributed by atoms with Crippen LogP contribution in [0.4, 0.5) is 5.82 Å². The zero-order chi connectivity index (χ0) is 11.3. The highest BCUT2D eigenvalue weighted by atomic mass is 79.9. The third-order valence-corrected chi connectivity index (χ3v) is 2.87. The van der Waals surface area contributed by atoms with Gasteiger partial charge in [-0.25, -0.2) is 4.98 Å². The average Bonchev–Trinajstić information content (AvgIpc) is 2.21. The van der Waals surface area contributed by atoms with Gasteiger partial charge in [-0.15, -0.1) is 0 Å². The van der Waals surface area contributed by atoms with E-state index in [2.05, 4.69) is 32.7 Å². The second-order valence-electron chi connectivity index (χ2n) is 3.10. The van der Waals surface area contributed by atoms with Crippen LogP contribution >= 0.6 is 28.1 Å². The highest BCUT2D eigenvalue weighted by Crippen LogP contribution is 2.22. The Hall–Kier alpha value is -0.680. The molecule has 1 aromatic heterocycles. The van der Waals surface area contributed by atoms with Crippen LogP contribution in [0.1, 0.15) is 13.3 Å². The number of nitrogens with two attached hydrogens (primary N) is 1. The van der Waals surface area contributed by atoms with E-state index in [1.807, 2.05) is 12.1 Å². The number of pyridine rings is 1. The zero-order valence-electron chi connectivity index (χ0n) is 8.61. The number of hydrogen-bond donors (Lipinski definition) is 1. The number of nitrogens with zero attached hydrogens (tertiary/aromatic N) is 2. The first-order valence-corrected chi connectivity index (χ1v) is 5.99. The van der Waals surface area contributed by atoms with Crippen LogP contribution < -0.4 is 10.6 Å². The van der Waals surface area contributed by atoms with Gasteiger partial charge in [-0.2, -0.15) is 0 Å². The molecular weight excluding hydrogens is 274 g/mol. The molecule has 2 N–H and O–H groups in total. The van der Waals surface area contributed by atoms with Crippen molar-refractivity contribution in [2.45, 2.75) is 13.3 Å². The molecule has 15 heavy (non-hydrogen) atoms. The van der Waals surface area contributed by atoms with Gasteiger partial charge in [0.1, 0.15) is 5.82 Å². The average molecular weight is 288 g/mol. The quantitative estimate of drug-likeness (QED) is 0.845. The predicted molar refractivity (Wildman–Crippen MR) is 71.2 cm³/mol. The number of halogens is 1. The summed E-state index contributed by atoms with van der Waals surface area (Å²) in [6, 6.07) is 3.88. The van der Waals surface area contributed by atoms with Crippen molar-refractivity contribution >= 4 is 39.0 Å². The first-order chi connectivity index (χ1) is 7.15. The minimum Gasteiger partial charge on any atom is -0.393 e. The SMILES string of the molecule is CCN(CCC(N)=S)c1ncccc1Br. The van der Waals surface area contributed by atoms with Crippen LogP contribution in [-0.4, -0.2) is 23.1 Å². The van der Waals surface area contributed by atoms with Crippen LogP contribution in [0.2, 0.25) is 0 Å². The van der Waals surface area contributed by atoms with Crippen molar-refractivity contribution in [3.05, 3.63) is 22.8 Å². The van der Waals surface area contributed by atoms with E-state index in [1.165, 1.54) is 0 Å². The van der Waals surface area contributed by atoms with E-state index in [1.54, 1.807) is 6.20 Å². The molecule has 0 spiro atoms. The molecule has 0 unspecified atom stereocenters. The fourth-order valence-corrected chi connectivity index (χ4v) is 1.87. The standard InChI is InChI=1S/C10H14BrN3S/c1-2-14(7-5-9(12)15)10-8(11)4-3-6-13-10/h3-4,6H,2,5,7H2,1H3,(H2,12,15). The van der Waals surface area contributed by atoms with Gasteiger partial charge in [0.2, 0.25) is 0 Å². The summed E-state index contributed by atoms with van der Waals surface area (Å²) in [7, 11) is 0. The molecule has 5 heteroatoms. The largest absolute Gasteiger partial charge is 0.393 e. The third-order valence-electron chi connectivity index (χ3n) is 2.05. The molecule has 0 amide bonds. The van der Waals surface area contributed by atoms with Gasteiger partial charge in [-0.1, -0.05) is 12.2 Å². The summed E-state index contributed by atoms with van der Waals surface area (Å²) in [5.41, 5.74) is 5.48. The molecular formula is C10H14BrN3S. The first-order valence-electron chi connectivity index (χ1n) is 4.79. The molecule has 1 heterocycles. The molecule has 0 bridgehead atoms. The lowest BCUT2D eigenvalue weighted by atomic mass is 10.3. The van der Waals surface area contributed by atoms with Crippen LogP contribution in [0.15, 0.2) is 22.8 Å². The van der Waals surface area contributed by atoms with Crippen molar-refractivity contribution in [3.63, 3.8) is 0 Å². The number of hydrogen-bond acceptors (Lipinski definition) is 3. The highest BCUT2D eigenvalue weighted by Gasteiger charge is 2.08. The second-order valence-corrected chi connectivity index (χ2v) is 4.48. The Morgan fingerprint density at radius 3 is 2.93 bits per heavy atom. The molecule has 0 saturated carbocycles. The van der Waals surface area contributed by atoms with Crippen molar-refractivity contribution < 1.29 is 0 Å². The summed E-state index contributed by atoms with van der Waals surface area (Å²) in [6.07, 6.45) is 2.50. The lowest BCUT2D eigenvalue weighted by Crippen LogP contribution is -2.28. The number of aromatic nitrogens is 1. The third kappa shape index (κ3) is 3.76. The summed E-state index contributed by atoms with van der Waals surface area (Å²) in [6.45, 7) is 3.78. The van der Waals surface area contributed by atoms with Gasteiger partial charge in [-0.3, -0.25) is 0 Å². The molecule has 82 valence electrons. The molecule has 0 aromatic carbocycles. The molecule has 0 saturated heterocycles. The van der Waals surface area contributed by atoms with Crippen molar-refractivity contribution in [2.75, 3.05) is 18.0 Å². The maximum atomic E-state index is 5.48. The fraction of sp³-hybridized carbons (Fsp3) is 0.400. The lowest BCUT2D eigenvalue weighted by Gasteiger charge is -2.22. The van der Waals surface area contributed by atoms with E-state index in [0.717, 1.165) is 23.4 Å². The van der Waals surface area contributed by atoms with Gasteiger partial charge in [0.15, 0.2) is 0 Å².